The van der Waals surface area contributed by atoms with Crippen molar-refractivity contribution in [3.8, 4) is 22.8 Å². The molecule has 5 heteroatoms. The highest BCUT2D eigenvalue weighted by molar-refractivity contribution is 6.31. The van der Waals surface area contributed by atoms with Gasteiger partial charge in [-0.2, -0.15) is 0 Å². The van der Waals surface area contributed by atoms with E-state index in [9.17, 15) is 0 Å². The topological polar surface area (TPSA) is 44.2 Å². The molecule has 4 nitrogen and oxygen atoms in total. The number of rotatable bonds is 2. The van der Waals surface area contributed by atoms with Gasteiger partial charge in [-0.1, -0.05) is 23.7 Å². The number of fused-ring (bicyclic) bond motifs is 1. The Balaban J connectivity index is 2.20. The van der Waals surface area contributed by atoms with Crippen LogP contribution in [-0.2, 0) is 6.42 Å². The summed E-state index contributed by atoms with van der Waals surface area (Å²) < 4.78 is 11.1. The fourth-order valence-corrected chi connectivity index (χ4v) is 2.51. The molecule has 0 bridgehead atoms. The number of hydrogen-bond acceptors (Lipinski definition) is 4. The number of aryl methyl sites for hydroxylation is 1. The summed E-state index contributed by atoms with van der Waals surface area (Å²) in [6.45, 7) is 0.727. The van der Waals surface area contributed by atoms with Crippen LogP contribution < -0.4 is 9.47 Å². The van der Waals surface area contributed by atoms with Gasteiger partial charge in [0.1, 0.15) is 17.8 Å². The highest BCUT2D eigenvalue weighted by atomic mass is 35.5. The van der Waals surface area contributed by atoms with Crippen LogP contribution in [0.3, 0.4) is 0 Å². The zero-order valence-electron chi connectivity index (χ0n) is 10.5. The molecule has 0 saturated heterocycles. The summed E-state index contributed by atoms with van der Waals surface area (Å²) in [6, 6.07) is 6.04. The first-order valence-corrected chi connectivity index (χ1v) is 6.48. The van der Waals surface area contributed by atoms with Gasteiger partial charge in [0.25, 0.3) is 0 Å². The normalized spacial score (nSPS) is 13.6. The number of benzene rings is 1. The average molecular weight is 277 g/mol. The smallest absolute Gasteiger partial charge is 0.182 e. The summed E-state index contributed by atoms with van der Waals surface area (Å²) in [7, 11) is 1.56. The standard InChI is InChI=1S/C14H13ClN2O2/c1-18-13-11(16-8-17-14(13)15)10-6-2-4-9-5-3-7-19-12(9)10/h2,4,6,8H,3,5,7H2,1H3. The lowest BCUT2D eigenvalue weighted by molar-refractivity contribution is 0.289. The molecule has 98 valence electrons. The maximum atomic E-state index is 6.05. The van der Waals surface area contributed by atoms with E-state index in [-0.39, 0.29) is 0 Å². The van der Waals surface area contributed by atoms with Crippen LogP contribution in [0.1, 0.15) is 12.0 Å². The Kier molecular flexibility index (Phi) is 3.25. The van der Waals surface area contributed by atoms with E-state index in [2.05, 4.69) is 16.0 Å². The van der Waals surface area contributed by atoms with Crippen LogP contribution in [0, 0.1) is 0 Å². The number of halogens is 1. The first-order valence-electron chi connectivity index (χ1n) is 6.11. The van der Waals surface area contributed by atoms with E-state index >= 15 is 0 Å². The Morgan fingerprint density at radius 2 is 2.21 bits per heavy atom. The van der Waals surface area contributed by atoms with Crippen LogP contribution in [0.2, 0.25) is 5.15 Å². The molecule has 0 saturated carbocycles. The van der Waals surface area contributed by atoms with Crippen molar-refractivity contribution >= 4 is 11.6 Å². The van der Waals surface area contributed by atoms with Gasteiger partial charge in [-0.05, 0) is 24.5 Å². The average Bonchev–Trinajstić information content (AvgIpc) is 2.46. The minimum Gasteiger partial charge on any atom is -0.493 e. The van der Waals surface area contributed by atoms with Gasteiger partial charge in [-0.25, -0.2) is 9.97 Å². The first kappa shape index (κ1) is 12.2. The third-order valence-electron chi connectivity index (χ3n) is 3.15. The summed E-state index contributed by atoms with van der Waals surface area (Å²) in [5, 5.41) is 0.306. The van der Waals surface area contributed by atoms with Crippen molar-refractivity contribution in [3.05, 3.63) is 35.2 Å². The van der Waals surface area contributed by atoms with Crippen LogP contribution in [0.15, 0.2) is 24.5 Å². The molecule has 0 spiro atoms. The summed E-state index contributed by atoms with van der Waals surface area (Å²) in [4.78, 5) is 8.22. The van der Waals surface area contributed by atoms with Crippen LogP contribution in [0.5, 0.6) is 11.5 Å². The maximum absolute atomic E-state index is 6.05. The van der Waals surface area contributed by atoms with Gasteiger partial charge >= 0.3 is 0 Å². The lowest BCUT2D eigenvalue weighted by Gasteiger charge is -2.20. The molecule has 0 fully saturated rings. The minimum atomic E-state index is 0.306. The molecular weight excluding hydrogens is 264 g/mol. The van der Waals surface area contributed by atoms with Crippen molar-refractivity contribution in [2.24, 2.45) is 0 Å². The number of nitrogens with zero attached hydrogens (tertiary/aromatic N) is 2. The molecule has 1 aliphatic heterocycles. The highest BCUT2D eigenvalue weighted by Crippen LogP contribution is 2.40. The van der Waals surface area contributed by atoms with E-state index in [1.807, 2.05) is 12.1 Å². The van der Waals surface area contributed by atoms with E-state index in [1.165, 1.54) is 11.9 Å². The number of methoxy groups -OCH3 is 1. The molecule has 19 heavy (non-hydrogen) atoms. The largest absolute Gasteiger partial charge is 0.493 e. The van der Waals surface area contributed by atoms with Crippen molar-refractivity contribution < 1.29 is 9.47 Å². The molecule has 1 aromatic carbocycles. The van der Waals surface area contributed by atoms with Crippen molar-refractivity contribution in [1.29, 1.82) is 0 Å². The van der Waals surface area contributed by atoms with E-state index < -0.39 is 0 Å². The lowest BCUT2D eigenvalue weighted by atomic mass is 10.0. The number of para-hydroxylation sites is 1. The Morgan fingerprint density at radius 1 is 1.32 bits per heavy atom. The van der Waals surface area contributed by atoms with Crippen LogP contribution in [0.4, 0.5) is 0 Å². The highest BCUT2D eigenvalue weighted by Gasteiger charge is 2.20. The van der Waals surface area contributed by atoms with E-state index in [0.29, 0.717) is 16.6 Å². The van der Waals surface area contributed by atoms with Gasteiger partial charge in [0.15, 0.2) is 10.9 Å². The zero-order chi connectivity index (χ0) is 13.2. The molecule has 0 aliphatic carbocycles. The third kappa shape index (κ3) is 2.12. The minimum absolute atomic E-state index is 0.306. The summed E-state index contributed by atoms with van der Waals surface area (Å²) >= 11 is 6.05. The molecule has 3 rings (SSSR count). The van der Waals surface area contributed by atoms with Crippen LogP contribution in [-0.4, -0.2) is 23.7 Å². The number of hydrogen-bond donors (Lipinski definition) is 0. The van der Waals surface area contributed by atoms with Gasteiger partial charge in [0.2, 0.25) is 0 Å². The van der Waals surface area contributed by atoms with Crippen molar-refractivity contribution in [1.82, 2.24) is 9.97 Å². The zero-order valence-corrected chi connectivity index (χ0v) is 11.3. The predicted octanol–water partition coefficient (Wildman–Crippen LogP) is 3.13. The molecule has 1 aromatic heterocycles. The van der Waals surface area contributed by atoms with Gasteiger partial charge in [0, 0.05) is 5.56 Å². The molecule has 0 unspecified atom stereocenters. The van der Waals surface area contributed by atoms with Crippen molar-refractivity contribution in [3.63, 3.8) is 0 Å². The molecule has 1 aliphatic rings. The van der Waals surface area contributed by atoms with Crippen molar-refractivity contribution in [2.75, 3.05) is 13.7 Å². The van der Waals surface area contributed by atoms with Crippen molar-refractivity contribution in [2.45, 2.75) is 12.8 Å². The molecule has 2 aromatic rings. The Bertz CT molecular complexity index is 616. The molecule has 0 amide bonds. The number of ether oxygens (including phenoxy) is 2. The molecule has 0 radical (unpaired) electrons. The fraction of sp³-hybridized carbons (Fsp3) is 0.286. The molecule has 0 N–H and O–H groups in total. The number of aromatic nitrogens is 2. The van der Waals surface area contributed by atoms with Crippen LogP contribution >= 0.6 is 11.6 Å². The Labute approximate surface area is 116 Å². The Hall–Kier alpha value is -1.81. The second-order valence-corrected chi connectivity index (χ2v) is 4.65. The van der Waals surface area contributed by atoms with E-state index in [1.54, 1.807) is 7.11 Å². The van der Waals surface area contributed by atoms with Gasteiger partial charge in [0.05, 0.1) is 13.7 Å². The van der Waals surface area contributed by atoms with Gasteiger partial charge in [-0.15, -0.1) is 0 Å². The van der Waals surface area contributed by atoms with E-state index in [4.69, 9.17) is 21.1 Å². The fourth-order valence-electron chi connectivity index (χ4n) is 2.30. The molecule has 0 atom stereocenters. The maximum Gasteiger partial charge on any atom is 0.182 e. The van der Waals surface area contributed by atoms with Crippen LogP contribution in [0.25, 0.3) is 11.3 Å². The van der Waals surface area contributed by atoms with E-state index in [0.717, 1.165) is 30.8 Å². The predicted molar refractivity (Wildman–Crippen MR) is 72.8 cm³/mol. The SMILES string of the molecule is COc1c(Cl)ncnc1-c1cccc2c1OCCC2. The Morgan fingerprint density at radius 3 is 3.05 bits per heavy atom. The third-order valence-corrected chi connectivity index (χ3v) is 3.42. The quantitative estimate of drug-likeness (QED) is 0.791. The lowest BCUT2D eigenvalue weighted by Crippen LogP contribution is -2.09. The molecule has 2 heterocycles. The second kappa shape index (κ2) is 5.05. The monoisotopic (exact) mass is 276 g/mol. The second-order valence-electron chi connectivity index (χ2n) is 4.29. The first-order chi connectivity index (χ1) is 9.31. The summed E-state index contributed by atoms with van der Waals surface area (Å²) in [6.07, 6.45) is 3.49. The molecular formula is C14H13ClN2O2. The van der Waals surface area contributed by atoms with Gasteiger partial charge in [-0.3, -0.25) is 0 Å². The summed E-state index contributed by atoms with van der Waals surface area (Å²) in [5.41, 5.74) is 2.76. The van der Waals surface area contributed by atoms with Gasteiger partial charge < -0.3 is 9.47 Å². The summed E-state index contributed by atoms with van der Waals surface area (Å²) in [5.74, 6) is 1.36.